The predicted octanol–water partition coefficient (Wildman–Crippen LogP) is 2.84. The Labute approximate surface area is 98.9 Å². The Hall–Kier alpha value is 0.440. The van der Waals surface area contributed by atoms with Crippen molar-refractivity contribution in [3.05, 3.63) is 25.7 Å². The lowest BCUT2D eigenvalue weighted by Gasteiger charge is -2.03. The molecule has 1 aromatic rings. The molecule has 0 aliphatic rings. The molecule has 0 atom stereocenters. The summed E-state index contributed by atoms with van der Waals surface area (Å²) in [5.41, 5.74) is 0. The van der Waals surface area contributed by atoms with E-state index in [2.05, 4.69) is 0 Å². The fraction of sp³-hybridized carbons (Fsp3) is 0. The molecule has 0 radical (unpaired) electrons. The van der Waals surface area contributed by atoms with Crippen LogP contribution in [0.1, 0.15) is 0 Å². The average Bonchev–Trinajstić information content (AvgIpc) is 1.98. The molecule has 1 rings (SSSR count). The minimum atomic E-state index is -4.22. The van der Waals surface area contributed by atoms with Crippen LogP contribution in [0.15, 0.2) is 17.0 Å². The standard InChI is InChI=1S/C6H3Cl2IO3S/c7-3-1-2-4(13(10,11)12)6(9)5(3)8/h1-2H,(H,10,11,12). The second kappa shape index (κ2) is 3.90. The van der Waals surface area contributed by atoms with E-state index in [1.807, 2.05) is 0 Å². The summed E-state index contributed by atoms with van der Waals surface area (Å²) in [6.07, 6.45) is 0. The van der Waals surface area contributed by atoms with Gasteiger partial charge in [0, 0.05) is 0 Å². The molecule has 0 saturated heterocycles. The fourth-order valence-corrected chi connectivity index (χ4v) is 3.12. The van der Waals surface area contributed by atoms with E-state index in [4.69, 9.17) is 27.8 Å². The molecular weight excluding hydrogens is 350 g/mol. The second-order valence-electron chi connectivity index (χ2n) is 2.15. The van der Waals surface area contributed by atoms with Gasteiger partial charge in [-0.05, 0) is 34.7 Å². The summed E-state index contributed by atoms with van der Waals surface area (Å²) in [6.45, 7) is 0. The van der Waals surface area contributed by atoms with Crippen molar-refractivity contribution in [2.45, 2.75) is 4.90 Å². The Bertz CT molecular complexity index is 443. The van der Waals surface area contributed by atoms with Crippen LogP contribution < -0.4 is 0 Å². The first-order valence-corrected chi connectivity index (χ1v) is 6.22. The smallest absolute Gasteiger partial charge is 0.282 e. The van der Waals surface area contributed by atoms with E-state index in [0.29, 0.717) is 0 Å². The van der Waals surface area contributed by atoms with E-state index >= 15 is 0 Å². The van der Waals surface area contributed by atoms with Crippen molar-refractivity contribution in [3.8, 4) is 0 Å². The SMILES string of the molecule is O=S(=O)(O)c1ccc(Cl)c(Cl)c1I. The number of halogens is 3. The van der Waals surface area contributed by atoms with Gasteiger partial charge in [-0.15, -0.1) is 0 Å². The summed E-state index contributed by atoms with van der Waals surface area (Å²) in [5.74, 6) is 0. The van der Waals surface area contributed by atoms with Crippen LogP contribution in [0.5, 0.6) is 0 Å². The molecule has 72 valence electrons. The number of benzene rings is 1. The Morgan fingerprint density at radius 1 is 1.31 bits per heavy atom. The number of hydrogen-bond donors (Lipinski definition) is 1. The summed E-state index contributed by atoms with van der Waals surface area (Å²) < 4.78 is 30.5. The van der Waals surface area contributed by atoms with E-state index in [1.54, 1.807) is 22.6 Å². The summed E-state index contributed by atoms with van der Waals surface area (Å²) >= 11 is 13.0. The third-order valence-electron chi connectivity index (χ3n) is 1.28. The zero-order chi connectivity index (χ0) is 10.2. The highest BCUT2D eigenvalue weighted by atomic mass is 127. The van der Waals surface area contributed by atoms with Gasteiger partial charge in [-0.3, -0.25) is 4.55 Å². The number of hydrogen-bond acceptors (Lipinski definition) is 2. The molecule has 0 heterocycles. The van der Waals surface area contributed by atoms with Crippen LogP contribution in [0, 0.1) is 3.57 Å². The van der Waals surface area contributed by atoms with Gasteiger partial charge in [-0.2, -0.15) is 8.42 Å². The largest absolute Gasteiger partial charge is 0.295 e. The molecule has 0 saturated carbocycles. The summed E-state index contributed by atoms with van der Waals surface area (Å²) in [5, 5.41) is 0.371. The second-order valence-corrected chi connectivity index (χ2v) is 5.40. The molecule has 1 N–H and O–H groups in total. The summed E-state index contributed by atoms with van der Waals surface area (Å²) in [7, 11) is -4.22. The van der Waals surface area contributed by atoms with Gasteiger partial charge in [0.15, 0.2) is 0 Å². The van der Waals surface area contributed by atoms with E-state index in [1.165, 1.54) is 12.1 Å². The van der Waals surface area contributed by atoms with Crippen molar-refractivity contribution in [3.63, 3.8) is 0 Å². The molecule has 0 aromatic heterocycles. The minimum absolute atomic E-state index is 0.123. The van der Waals surface area contributed by atoms with Gasteiger partial charge in [0.1, 0.15) is 4.90 Å². The van der Waals surface area contributed by atoms with Crippen LogP contribution in [0.2, 0.25) is 10.0 Å². The molecule has 0 aliphatic heterocycles. The molecule has 7 heteroatoms. The predicted molar refractivity (Wildman–Crippen MR) is 59.0 cm³/mol. The Morgan fingerprint density at radius 3 is 2.31 bits per heavy atom. The van der Waals surface area contributed by atoms with Gasteiger partial charge >= 0.3 is 0 Å². The highest BCUT2D eigenvalue weighted by Crippen LogP contribution is 2.31. The molecule has 0 bridgehead atoms. The fourth-order valence-electron chi connectivity index (χ4n) is 0.707. The lowest BCUT2D eigenvalue weighted by Crippen LogP contribution is -2.01. The zero-order valence-corrected chi connectivity index (χ0v) is 10.4. The molecule has 1 aromatic carbocycles. The lowest BCUT2D eigenvalue weighted by molar-refractivity contribution is 0.482. The van der Waals surface area contributed by atoms with Crippen LogP contribution in [0.3, 0.4) is 0 Å². The van der Waals surface area contributed by atoms with Crippen molar-refractivity contribution >= 4 is 55.9 Å². The van der Waals surface area contributed by atoms with E-state index in [-0.39, 0.29) is 18.5 Å². The third-order valence-corrected chi connectivity index (χ3v) is 4.78. The Balaban J connectivity index is 3.53. The summed E-state index contributed by atoms with van der Waals surface area (Å²) in [4.78, 5) is -0.234. The van der Waals surface area contributed by atoms with Gasteiger partial charge in [0.25, 0.3) is 10.1 Å². The molecule has 0 spiro atoms. The maximum Gasteiger partial charge on any atom is 0.295 e. The lowest BCUT2D eigenvalue weighted by atomic mass is 10.4. The van der Waals surface area contributed by atoms with Crippen molar-refractivity contribution < 1.29 is 13.0 Å². The topological polar surface area (TPSA) is 54.4 Å². The van der Waals surface area contributed by atoms with Gasteiger partial charge in [0.05, 0.1) is 13.6 Å². The monoisotopic (exact) mass is 352 g/mol. The van der Waals surface area contributed by atoms with Gasteiger partial charge in [-0.1, -0.05) is 23.2 Å². The average molecular weight is 353 g/mol. The molecule has 3 nitrogen and oxygen atoms in total. The van der Waals surface area contributed by atoms with Crippen LogP contribution in [0.25, 0.3) is 0 Å². The molecule has 0 aliphatic carbocycles. The van der Waals surface area contributed by atoms with E-state index < -0.39 is 10.1 Å². The van der Waals surface area contributed by atoms with Crippen LogP contribution >= 0.6 is 45.8 Å². The Morgan fingerprint density at radius 2 is 1.85 bits per heavy atom. The van der Waals surface area contributed by atoms with Crippen molar-refractivity contribution in [2.24, 2.45) is 0 Å². The maximum absolute atomic E-state index is 10.8. The van der Waals surface area contributed by atoms with Crippen LogP contribution in [-0.4, -0.2) is 13.0 Å². The maximum atomic E-state index is 10.8. The highest BCUT2D eigenvalue weighted by Gasteiger charge is 2.17. The molecule has 0 fully saturated rings. The highest BCUT2D eigenvalue weighted by molar-refractivity contribution is 14.1. The molecular formula is C6H3Cl2IO3S. The van der Waals surface area contributed by atoms with Crippen molar-refractivity contribution in [1.29, 1.82) is 0 Å². The number of rotatable bonds is 1. The van der Waals surface area contributed by atoms with E-state index in [0.717, 1.165) is 0 Å². The van der Waals surface area contributed by atoms with E-state index in [9.17, 15) is 8.42 Å². The normalized spacial score (nSPS) is 11.7. The third kappa shape index (κ3) is 2.47. The van der Waals surface area contributed by atoms with Crippen LogP contribution in [-0.2, 0) is 10.1 Å². The zero-order valence-electron chi connectivity index (χ0n) is 5.96. The molecule has 0 unspecified atom stereocenters. The molecule has 13 heavy (non-hydrogen) atoms. The van der Waals surface area contributed by atoms with Crippen LogP contribution in [0.4, 0.5) is 0 Å². The Kier molecular flexibility index (Phi) is 3.45. The quantitative estimate of drug-likeness (QED) is 0.480. The van der Waals surface area contributed by atoms with Crippen molar-refractivity contribution in [2.75, 3.05) is 0 Å². The molecule has 0 amide bonds. The summed E-state index contributed by atoms with van der Waals surface area (Å²) in [6, 6.07) is 2.51. The van der Waals surface area contributed by atoms with Gasteiger partial charge < -0.3 is 0 Å². The van der Waals surface area contributed by atoms with Crippen molar-refractivity contribution in [1.82, 2.24) is 0 Å². The first-order valence-electron chi connectivity index (χ1n) is 2.95. The first-order chi connectivity index (χ1) is 5.84. The van der Waals surface area contributed by atoms with Gasteiger partial charge in [0.2, 0.25) is 0 Å². The van der Waals surface area contributed by atoms with Gasteiger partial charge in [-0.25, -0.2) is 0 Å². The first kappa shape index (κ1) is 11.5. The minimum Gasteiger partial charge on any atom is -0.282 e.